The Balaban J connectivity index is 1.92. The SMILES string of the molecule is C=C(C)[C@H]1CC(=O)[C@]2(C)C[C@@H]3O[C@@]3(C)CC/C=C(\C)CC[C@@H]12. The molecule has 2 heteroatoms. The lowest BCUT2D eigenvalue weighted by atomic mass is 9.69. The van der Waals surface area contributed by atoms with Crippen LogP contribution in [0, 0.1) is 17.3 Å². The van der Waals surface area contributed by atoms with Gasteiger partial charge in [-0.1, -0.05) is 30.7 Å². The number of hydrogen-bond donors (Lipinski definition) is 0. The first-order chi connectivity index (χ1) is 10.3. The summed E-state index contributed by atoms with van der Waals surface area (Å²) in [6, 6.07) is 0. The Morgan fingerprint density at radius 2 is 2.14 bits per heavy atom. The fraction of sp³-hybridized carbons (Fsp3) is 0.750. The first kappa shape index (κ1) is 16.0. The zero-order valence-corrected chi connectivity index (χ0v) is 14.6. The Morgan fingerprint density at radius 1 is 1.41 bits per heavy atom. The normalized spacial score (nSPS) is 47.7. The molecule has 5 atom stereocenters. The van der Waals surface area contributed by atoms with Gasteiger partial charge in [0.15, 0.2) is 0 Å². The van der Waals surface area contributed by atoms with E-state index < -0.39 is 0 Å². The molecule has 0 bridgehead atoms. The van der Waals surface area contributed by atoms with Crippen molar-refractivity contribution in [3.05, 3.63) is 23.8 Å². The Bertz CT molecular complexity index is 532. The van der Waals surface area contributed by atoms with Crippen LogP contribution in [0.2, 0.25) is 0 Å². The molecule has 1 saturated heterocycles. The number of carbonyl (C=O) groups is 1. The van der Waals surface area contributed by atoms with Gasteiger partial charge >= 0.3 is 0 Å². The molecule has 3 aliphatic rings. The molecule has 2 nitrogen and oxygen atoms in total. The van der Waals surface area contributed by atoms with Gasteiger partial charge in [-0.2, -0.15) is 0 Å². The van der Waals surface area contributed by atoms with E-state index in [2.05, 4.69) is 40.3 Å². The Morgan fingerprint density at radius 3 is 2.82 bits per heavy atom. The van der Waals surface area contributed by atoms with Gasteiger partial charge in [-0.25, -0.2) is 0 Å². The molecule has 122 valence electrons. The minimum Gasteiger partial charge on any atom is -0.366 e. The van der Waals surface area contributed by atoms with E-state index in [9.17, 15) is 4.79 Å². The molecule has 1 aliphatic heterocycles. The number of fused-ring (bicyclic) bond motifs is 2. The van der Waals surface area contributed by atoms with Crippen LogP contribution in [-0.2, 0) is 9.53 Å². The van der Waals surface area contributed by atoms with Gasteiger partial charge in [0.05, 0.1) is 11.7 Å². The summed E-state index contributed by atoms with van der Waals surface area (Å²) in [5, 5.41) is 0. The maximum absolute atomic E-state index is 12.8. The Labute approximate surface area is 135 Å². The van der Waals surface area contributed by atoms with Crippen molar-refractivity contribution in [3.8, 4) is 0 Å². The van der Waals surface area contributed by atoms with E-state index in [1.165, 1.54) is 11.1 Å². The smallest absolute Gasteiger partial charge is 0.139 e. The van der Waals surface area contributed by atoms with Crippen molar-refractivity contribution < 1.29 is 9.53 Å². The van der Waals surface area contributed by atoms with Gasteiger partial charge in [0.25, 0.3) is 0 Å². The highest BCUT2D eigenvalue weighted by atomic mass is 16.6. The zero-order valence-electron chi connectivity index (χ0n) is 14.6. The highest BCUT2D eigenvalue weighted by Crippen LogP contribution is 2.56. The first-order valence-corrected chi connectivity index (χ1v) is 8.78. The molecule has 0 aromatic heterocycles. The quantitative estimate of drug-likeness (QED) is 0.512. The molecule has 22 heavy (non-hydrogen) atoms. The van der Waals surface area contributed by atoms with Crippen LogP contribution in [-0.4, -0.2) is 17.5 Å². The molecule has 3 rings (SSSR count). The number of Topliss-reactive ketones (excluding diaryl/α,β-unsaturated/α-hetero) is 1. The Hall–Kier alpha value is -0.890. The van der Waals surface area contributed by atoms with Crippen LogP contribution in [0.1, 0.15) is 66.2 Å². The lowest BCUT2D eigenvalue weighted by Gasteiger charge is -2.33. The van der Waals surface area contributed by atoms with E-state index in [0.717, 1.165) is 32.1 Å². The molecule has 2 fully saturated rings. The minimum absolute atomic E-state index is 0.00370. The second kappa shape index (κ2) is 5.33. The summed E-state index contributed by atoms with van der Waals surface area (Å²) in [4.78, 5) is 12.8. The molecule has 1 heterocycles. The summed E-state index contributed by atoms with van der Waals surface area (Å²) >= 11 is 0. The largest absolute Gasteiger partial charge is 0.366 e. The van der Waals surface area contributed by atoms with Crippen LogP contribution in [0.15, 0.2) is 23.8 Å². The molecule has 0 aromatic carbocycles. The summed E-state index contributed by atoms with van der Waals surface area (Å²) in [5.74, 6) is 1.22. The predicted molar refractivity (Wildman–Crippen MR) is 89.6 cm³/mol. The van der Waals surface area contributed by atoms with Crippen molar-refractivity contribution in [1.82, 2.24) is 0 Å². The van der Waals surface area contributed by atoms with Crippen LogP contribution < -0.4 is 0 Å². The minimum atomic E-state index is -0.226. The topological polar surface area (TPSA) is 29.6 Å². The van der Waals surface area contributed by atoms with E-state index in [1.807, 2.05) is 0 Å². The fourth-order valence-electron chi connectivity index (χ4n) is 4.77. The third kappa shape index (κ3) is 2.60. The Kier molecular flexibility index (Phi) is 3.87. The number of ketones is 1. The summed E-state index contributed by atoms with van der Waals surface area (Å²) in [6.07, 6.45) is 8.61. The number of allylic oxidation sites excluding steroid dienone is 3. The van der Waals surface area contributed by atoms with Gasteiger partial charge in [-0.05, 0) is 64.7 Å². The van der Waals surface area contributed by atoms with E-state index in [-0.39, 0.29) is 17.1 Å². The maximum atomic E-state index is 12.8. The number of ether oxygens (including phenoxy) is 1. The van der Waals surface area contributed by atoms with Gasteiger partial charge in [0.1, 0.15) is 5.78 Å². The number of hydrogen-bond acceptors (Lipinski definition) is 2. The van der Waals surface area contributed by atoms with Crippen molar-refractivity contribution in [2.24, 2.45) is 17.3 Å². The lowest BCUT2D eigenvalue weighted by molar-refractivity contribution is -0.127. The van der Waals surface area contributed by atoms with E-state index >= 15 is 0 Å². The summed E-state index contributed by atoms with van der Waals surface area (Å²) in [5.41, 5.74) is 2.41. The number of carbonyl (C=O) groups excluding carboxylic acids is 1. The lowest BCUT2D eigenvalue weighted by Crippen LogP contribution is -2.33. The van der Waals surface area contributed by atoms with E-state index in [0.29, 0.717) is 24.0 Å². The maximum Gasteiger partial charge on any atom is 0.139 e. The highest BCUT2D eigenvalue weighted by molar-refractivity contribution is 5.88. The van der Waals surface area contributed by atoms with Crippen molar-refractivity contribution in [1.29, 1.82) is 0 Å². The van der Waals surface area contributed by atoms with Crippen LogP contribution >= 0.6 is 0 Å². The third-order valence-electron chi connectivity index (χ3n) is 6.61. The fourth-order valence-corrected chi connectivity index (χ4v) is 4.77. The number of epoxide rings is 1. The molecule has 0 aromatic rings. The molecule has 2 aliphatic carbocycles. The van der Waals surface area contributed by atoms with Crippen molar-refractivity contribution in [3.63, 3.8) is 0 Å². The van der Waals surface area contributed by atoms with Crippen LogP contribution in [0.4, 0.5) is 0 Å². The number of rotatable bonds is 1. The molecule has 0 radical (unpaired) electrons. The molecular weight excluding hydrogens is 272 g/mol. The molecular formula is C20H30O2. The molecule has 0 N–H and O–H groups in total. The van der Waals surface area contributed by atoms with Crippen molar-refractivity contribution in [2.45, 2.75) is 77.9 Å². The summed E-state index contributed by atoms with van der Waals surface area (Å²) in [7, 11) is 0. The van der Waals surface area contributed by atoms with Gasteiger partial charge in [0, 0.05) is 11.8 Å². The van der Waals surface area contributed by atoms with Gasteiger partial charge < -0.3 is 4.74 Å². The molecule has 0 unspecified atom stereocenters. The summed E-state index contributed by atoms with van der Waals surface area (Å²) < 4.78 is 6.03. The average molecular weight is 302 g/mol. The standard InChI is InChI=1S/C20H30O2/c1-13(2)15-11-17(21)19(4)12-18-20(5,22-18)10-6-7-14(3)8-9-16(15)19/h7,15-16,18H,1,6,8-12H2,2-5H3/b14-7+/t15-,16+,18+,19-,20+/m1/s1. The average Bonchev–Trinajstić information content (AvgIpc) is 2.97. The van der Waals surface area contributed by atoms with Crippen molar-refractivity contribution >= 4 is 5.78 Å². The summed E-state index contributed by atoms with van der Waals surface area (Å²) in [6.45, 7) is 12.9. The van der Waals surface area contributed by atoms with Crippen molar-refractivity contribution in [2.75, 3.05) is 0 Å². The monoisotopic (exact) mass is 302 g/mol. The van der Waals surface area contributed by atoms with E-state index in [1.54, 1.807) is 0 Å². The first-order valence-electron chi connectivity index (χ1n) is 8.78. The molecule has 1 saturated carbocycles. The van der Waals surface area contributed by atoms with Crippen LogP contribution in [0.3, 0.4) is 0 Å². The highest BCUT2D eigenvalue weighted by Gasteiger charge is 2.59. The second-order valence-electron chi connectivity index (χ2n) is 8.36. The zero-order chi connectivity index (χ0) is 16.1. The predicted octanol–water partition coefficient (Wildman–Crippen LogP) is 4.84. The van der Waals surface area contributed by atoms with Crippen LogP contribution in [0.25, 0.3) is 0 Å². The van der Waals surface area contributed by atoms with Gasteiger partial charge in [0.2, 0.25) is 0 Å². The third-order valence-corrected chi connectivity index (χ3v) is 6.61. The molecule has 0 amide bonds. The second-order valence-corrected chi connectivity index (χ2v) is 8.36. The van der Waals surface area contributed by atoms with Crippen LogP contribution in [0.5, 0.6) is 0 Å². The van der Waals surface area contributed by atoms with Gasteiger partial charge in [-0.3, -0.25) is 4.79 Å². The molecule has 0 spiro atoms. The van der Waals surface area contributed by atoms with Gasteiger partial charge in [-0.15, -0.1) is 0 Å². The van der Waals surface area contributed by atoms with E-state index in [4.69, 9.17) is 4.74 Å².